The number of halogens is 2. The van der Waals surface area contributed by atoms with Gasteiger partial charge in [-0.25, -0.2) is 13.9 Å². The summed E-state index contributed by atoms with van der Waals surface area (Å²) < 4.78 is 35.0. The average molecular weight is 477 g/mol. The molecule has 0 aliphatic carbocycles. The Morgan fingerprint density at radius 2 is 1.91 bits per heavy atom. The number of nitrogens with two attached hydrogens (primary N) is 1. The average Bonchev–Trinajstić information content (AvgIpc) is 3.50. The minimum Gasteiger partial charge on any atom is -0.451 e. The Bertz CT molecular complexity index is 1490. The molecule has 3 N–H and O–H groups in total. The fraction of sp³-hybridized carbons (Fsp3) is 0.160. The zero-order valence-electron chi connectivity index (χ0n) is 18.5. The molecule has 1 aliphatic rings. The number of hydrogen-bond donors (Lipinski definition) is 2. The van der Waals surface area contributed by atoms with Crippen LogP contribution < -0.4 is 16.0 Å². The first-order valence-corrected chi connectivity index (χ1v) is 10.9. The lowest BCUT2D eigenvalue weighted by atomic mass is 9.99. The molecule has 0 radical (unpaired) electrons. The van der Waals surface area contributed by atoms with Crippen molar-refractivity contribution >= 4 is 22.6 Å². The molecular formula is C25H21F2N5O3. The number of nitrogen functional groups attached to an aromatic ring is 1. The number of fused-ring (bicyclic) bond motifs is 1. The summed E-state index contributed by atoms with van der Waals surface area (Å²) in [6.45, 7) is 4.54. The van der Waals surface area contributed by atoms with Crippen LogP contribution >= 0.6 is 0 Å². The number of carbonyl (C=O) groups excluding carboxylic acids is 1. The number of para-hydroxylation sites is 1. The third-order valence-electron chi connectivity index (χ3n) is 6.15. The van der Waals surface area contributed by atoms with Crippen LogP contribution in [0.15, 0.2) is 66.1 Å². The number of benzene rings is 2. The summed E-state index contributed by atoms with van der Waals surface area (Å²) in [5.74, 6) is -1.98. The highest BCUT2D eigenvalue weighted by molar-refractivity contribution is 5.92. The van der Waals surface area contributed by atoms with Gasteiger partial charge in [-0.05, 0) is 54.5 Å². The van der Waals surface area contributed by atoms with Crippen molar-refractivity contribution in [1.29, 1.82) is 0 Å². The number of likely N-dealkylation sites (tertiary alicyclic amines) is 1. The van der Waals surface area contributed by atoms with E-state index in [1.54, 1.807) is 33.7 Å². The Labute approximate surface area is 198 Å². The number of anilines is 1. The van der Waals surface area contributed by atoms with Crippen LogP contribution in [-0.4, -0.2) is 38.7 Å². The number of nitrogens with zero attached hydrogens (tertiary/aromatic N) is 3. The maximum Gasteiger partial charge on any atom is 0.274 e. The third-order valence-corrected chi connectivity index (χ3v) is 6.15. The number of aromatic amines is 1. The van der Waals surface area contributed by atoms with Gasteiger partial charge in [0.05, 0.1) is 5.39 Å². The van der Waals surface area contributed by atoms with Crippen LogP contribution in [0.2, 0.25) is 0 Å². The SMILES string of the molecule is C=CC(=O)N1CC[C@H](c2cn(-c3ccc(Oc4c(F)cccc4F)cc3)c3c(N)n[nH]c(=O)c23)C1. The maximum atomic E-state index is 13.9. The summed E-state index contributed by atoms with van der Waals surface area (Å²) in [5.41, 5.74) is 7.59. The van der Waals surface area contributed by atoms with E-state index in [2.05, 4.69) is 16.8 Å². The summed E-state index contributed by atoms with van der Waals surface area (Å²) in [5, 5.41) is 6.75. The maximum absolute atomic E-state index is 13.9. The molecule has 178 valence electrons. The van der Waals surface area contributed by atoms with Crippen LogP contribution in [0.1, 0.15) is 17.9 Å². The van der Waals surface area contributed by atoms with Gasteiger partial charge in [-0.1, -0.05) is 12.6 Å². The molecule has 1 saturated heterocycles. The second-order valence-electron chi connectivity index (χ2n) is 8.24. The molecule has 1 aliphatic heterocycles. The van der Waals surface area contributed by atoms with Gasteiger partial charge in [-0.2, -0.15) is 5.10 Å². The molecular weight excluding hydrogens is 456 g/mol. The molecule has 8 nitrogen and oxygen atoms in total. The van der Waals surface area contributed by atoms with Crippen LogP contribution in [0, 0.1) is 11.6 Å². The van der Waals surface area contributed by atoms with Crippen molar-refractivity contribution in [2.75, 3.05) is 18.8 Å². The van der Waals surface area contributed by atoms with Gasteiger partial charge in [0.2, 0.25) is 5.91 Å². The summed E-state index contributed by atoms with van der Waals surface area (Å²) in [6.07, 6.45) is 3.77. The molecule has 10 heteroatoms. The topological polar surface area (TPSA) is 106 Å². The van der Waals surface area contributed by atoms with Gasteiger partial charge >= 0.3 is 0 Å². The predicted molar refractivity (Wildman–Crippen MR) is 127 cm³/mol. The molecule has 1 atom stereocenters. The fourth-order valence-corrected chi connectivity index (χ4v) is 4.46. The number of hydrogen-bond acceptors (Lipinski definition) is 5. The van der Waals surface area contributed by atoms with E-state index >= 15 is 0 Å². The predicted octanol–water partition coefficient (Wildman–Crippen LogP) is 3.87. The van der Waals surface area contributed by atoms with E-state index in [1.807, 2.05) is 6.20 Å². The zero-order valence-corrected chi connectivity index (χ0v) is 18.5. The van der Waals surface area contributed by atoms with E-state index in [0.29, 0.717) is 36.1 Å². The Kier molecular flexibility index (Phi) is 5.56. The highest BCUT2D eigenvalue weighted by Crippen LogP contribution is 2.36. The largest absolute Gasteiger partial charge is 0.451 e. The van der Waals surface area contributed by atoms with Gasteiger partial charge in [-0.15, -0.1) is 0 Å². The van der Waals surface area contributed by atoms with Gasteiger partial charge in [0.1, 0.15) is 11.3 Å². The molecule has 0 spiro atoms. The smallest absolute Gasteiger partial charge is 0.274 e. The first kappa shape index (κ1) is 22.3. The lowest BCUT2D eigenvalue weighted by Gasteiger charge is -2.13. The molecule has 35 heavy (non-hydrogen) atoms. The number of rotatable bonds is 5. The van der Waals surface area contributed by atoms with Crippen molar-refractivity contribution in [3.8, 4) is 17.2 Å². The van der Waals surface area contributed by atoms with Crippen LogP contribution in [0.3, 0.4) is 0 Å². The number of aromatic nitrogens is 3. The molecule has 0 bridgehead atoms. The van der Waals surface area contributed by atoms with E-state index in [-0.39, 0.29) is 29.0 Å². The molecule has 0 saturated carbocycles. The van der Waals surface area contributed by atoms with Gasteiger partial charge < -0.3 is 19.9 Å². The fourth-order valence-electron chi connectivity index (χ4n) is 4.46. The van der Waals surface area contributed by atoms with Crippen molar-refractivity contribution in [2.24, 2.45) is 0 Å². The summed E-state index contributed by atoms with van der Waals surface area (Å²) in [7, 11) is 0. The van der Waals surface area contributed by atoms with E-state index in [9.17, 15) is 18.4 Å². The van der Waals surface area contributed by atoms with Crippen molar-refractivity contribution in [2.45, 2.75) is 12.3 Å². The molecule has 2 aromatic carbocycles. The van der Waals surface area contributed by atoms with Crippen LogP contribution in [0.5, 0.6) is 11.5 Å². The molecule has 5 rings (SSSR count). The van der Waals surface area contributed by atoms with Gasteiger partial charge in [-0.3, -0.25) is 9.59 Å². The molecule has 3 heterocycles. The number of nitrogens with one attached hydrogen (secondary N) is 1. The van der Waals surface area contributed by atoms with Gasteiger partial charge in [0.25, 0.3) is 5.56 Å². The second-order valence-corrected chi connectivity index (χ2v) is 8.24. The first-order valence-electron chi connectivity index (χ1n) is 10.9. The Morgan fingerprint density at radius 3 is 2.60 bits per heavy atom. The lowest BCUT2D eigenvalue weighted by molar-refractivity contribution is -0.125. The standard InChI is InChI=1S/C25H21F2N5O3/c1-2-20(33)31-11-10-14(12-31)17-13-32(22-21(17)25(34)30-29-24(22)28)15-6-8-16(9-7-15)35-23-18(26)4-3-5-19(23)27/h2-9,13-14H,1,10-12H2,(H2,28,29)(H,30,34)/t14-/m0/s1. The monoisotopic (exact) mass is 477 g/mol. The number of amides is 1. The van der Waals surface area contributed by atoms with E-state index in [0.717, 1.165) is 17.7 Å². The van der Waals surface area contributed by atoms with Crippen molar-refractivity contribution in [1.82, 2.24) is 19.7 Å². The quantitative estimate of drug-likeness (QED) is 0.425. The Balaban J connectivity index is 1.54. The van der Waals surface area contributed by atoms with E-state index in [1.165, 1.54) is 12.1 Å². The number of ether oxygens (including phenoxy) is 1. The molecule has 4 aromatic rings. The van der Waals surface area contributed by atoms with E-state index < -0.39 is 17.4 Å². The van der Waals surface area contributed by atoms with Crippen LogP contribution in [-0.2, 0) is 4.79 Å². The second kappa shape index (κ2) is 8.71. The Hall–Kier alpha value is -4.47. The zero-order chi connectivity index (χ0) is 24.7. The van der Waals surface area contributed by atoms with E-state index in [4.69, 9.17) is 10.5 Å². The minimum absolute atomic E-state index is 0.0720. The summed E-state index contributed by atoms with van der Waals surface area (Å²) in [6, 6.07) is 9.96. The Morgan fingerprint density at radius 1 is 1.20 bits per heavy atom. The summed E-state index contributed by atoms with van der Waals surface area (Å²) >= 11 is 0. The molecule has 0 unspecified atom stereocenters. The highest BCUT2D eigenvalue weighted by Gasteiger charge is 2.30. The highest BCUT2D eigenvalue weighted by atomic mass is 19.1. The van der Waals surface area contributed by atoms with Gasteiger partial charge in [0.15, 0.2) is 23.2 Å². The molecule has 2 aromatic heterocycles. The third kappa shape index (κ3) is 3.92. The first-order chi connectivity index (χ1) is 16.9. The lowest BCUT2D eigenvalue weighted by Crippen LogP contribution is -2.26. The van der Waals surface area contributed by atoms with Crippen LogP contribution in [0.4, 0.5) is 14.6 Å². The van der Waals surface area contributed by atoms with Crippen molar-refractivity contribution in [3.05, 3.63) is 88.9 Å². The van der Waals surface area contributed by atoms with Crippen molar-refractivity contribution < 1.29 is 18.3 Å². The molecule has 1 fully saturated rings. The summed E-state index contributed by atoms with van der Waals surface area (Å²) in [4.78, 5) is 26.5. The number of H-pyrrole nitrogens is 1. The normalized spacial score (nSPS) is 15.5. The minimum atomic E-state index is -0.811. The molecule has 1 amide bonds. The van der Waals surface area contributed by atoms with Crippen LogP contribution in [0.25, 0.3) is 16.6 Å². The van der Waals surface area contributed by atoms with Crippen molar-refractivity contribution in [3.63, 3.8) is 0 Å². The van der Waals surface area contributed by atoms with Gasteiger partial charge in [0, 0.05) is 30.9 Å². The number of carbonyl (C=O) groups is 1.